The van der Waals surface area contributed by atoms with Crippen LogP contribution in [0.5, 0.6) is 0 Å². The third-order valence-corrected chi connectivity index (χ3v) is 5.81. The summed E-state index contributed by atoms with van der Waals surface area (Å²) >= 11 is 7.15. The maximum atomic E-state index is 12.4. The van der Waals surface area contributed by atoms with Gasteiger partial charge in [-0.2, -0.15) is 0 Å². The third-order valence-electron chi connectivity index (χ3n) is 4.61. The molecule has 1 aromatic heterocycles. The second-order valence-electron chi connectivity index (χ2n) is 7.13. The fourth-order valence-corrected chi connectivity index (χ4v) is 3.95. The number of halogens is 1. The molecule has 9 nitrogen and oxygen atoms in total. The molecule has 3 rings (SSSR count). The number of esters is 1. The number of rotatable bonds is 11. The zero-order valence-corrected chi connectivity index (χ0v) is 20.6. The van der Waals surface area contributed by atoms with E-state index in [0.717, 1.165) is 0 Å². The Labute approximate surface area is 211 Å². The minimum atomic E-state index is -0.415. The maximum Gasteiger partial charge on any atom is 0.338 e. The summed E-state index contributed by atoms with van der Waals surface area (Å²) in [5, 5.41) is 14.9. The van der Waals surface area contributed by atoms with Gasteiger partial charge in [-0.3, -0.25) is 9.59 Å². The summed E-state index contributed by atoms with van der Waals surface area (Å²) in [6.45, 7) is 6.34. The fourth-order valence-electron chi connectivity index (χ4n) is 2.99. The fraction of sp³-hybridized carbons (Fsp3) is 0.208. The van der Waals surface area contributed by atoms with Crippen LogP contribution in [0.15, 0.2) is 66.3 Å². The maximum absolute atomic E-state index is 12.4. The molecule has 0 spiro atoms. The summed E-state index contributed by atoms with van der Waals surface area (Å²) in [7, 11) is 0. The molecule has 11 heteroatoms. The number of hydrogen-bond acceptors (Lipinski definition) is 7. The van der Waals surface area contributed by atoms with E-state index in [0.29, 0.717) is 46.0 Å². The first-order chi connectivity index (χ1) is 16.9. The molecular formula is C24H24ClN5O4S. The summed E-state index contributed by atoms with van der Waals surface area (Å²) in [5.74, 6) is -0.338. The number of hydrogen-bond donors (Lipinski definition) is 2. The van der Waals surface area contributed by atoms with E-state index in [9.17, 15) is 14.4 Å². The number of allylic oxidation sites excluding steroid dienone is 1. The Bertz CT molecular complexity index is 1210. The van der Waals surface area contributed by atoms with Crippen molar-refractivity contribution in [3.05, 3.63) is 83.2 Å². The van der Waals surface area contributed by atoms with Gasteiger partial charge in [-0.1, -0.05) is 35.5 Å². The Kier molecular flexibility index (Phi) is 9.45. The standard InChI is InChI=1S/C24H24ClN5O4S/c1-3-12-30-20(14-26-22(32)17-6-5-7-18(25)13-17)28-29-24(30)35-15-21(31)27-19-10-8-16(9-11-19)23(33)34-4-2/h3,5-11,13H,1,4,12,14-15H2,2H3,(H,26,32)(H,27,31). The number of carbonyl (C=O) groups excluding carboxylic acids is 3. The van der Waals surface area contributed by atoms with Gasteiger partial charge in [-0.25, -0.2) is 4.79 Å². The van der Waals surface area contributed by atoms with E-state index in [1.807, 2.05) is 0 Å². The highest BCUT2D eigenvalue weighted by molar-refractivity contribution is 7.99. The minimum Gasteiger partial charge on any atom is -0.462 e. The Morgan fingerprint density at radius 3 is 2.60 bits per heavy atom. The average Bonchev–Trinajstić information content (AvgIpc) is 3.23. The van der Waals surface area contributed by atoms with Crippen molar-refractivity contribution >= 4 is 46.8 Å². The molecule has 0 saturated carbocycles. The quantitative estimate of drug-likeness (QED) is 0.226. The number of nitrogens with one attached hydrogen (secondary N) is 2. The largest absolute Gasteiger partial charge is 0.462 e. The summed E-state index contributed by atoms with van der Waals surface area (Å²) in [6.07, 6.45) is 1.68. The molecule has 0 aliphatic heterocycles. The molecule has 2 N–H and O–H groups in total. The molecule has 182 valence electrons. The number of aromatic nitrogens is 3. The third kappa shape index (κ3) is 7.43. The first kappa shape index (κ1) is 26.0. The van der Waals surface area contributed by atoms with Crippen molar-refractivity contribution in [3.63, 3.8) is 0 Å². The lowest BCUT2D eigenvalue weighted by atomic mass is 10.2. The second kappa shape index (κ2) is 12.7. The predicted molar refractivity (Wildman–Crippen MR) is 135 cm³/mol. The molecule has 2 aromatic carbocycles. The van der Waals surface area contributed by atoms with Crippen molar-refractivity contribution < 1.29 is 19.1 Å². The smallest absolute Gasteiger partial charge is 0.338 e. The van der Waals surface area contributed by atoms with Gasteiger partial charge < -0.3 is 19.9 Å². The van der Waals surface area contributed by atoms with Crippen molar-refractivity contribution in [2.75, 3.05) is 17.7 Å². The molecule has 0 unspecified atom stereocenters. The van der Waals surface area contributed by atoms with E-state index in [1.54, 1.807) is 66.1 Å². The SMILES string of the molecule is C=CCn1c(CNC(=O)c2cccc(Cl)c2)nnc1SCC(=O)Nc1ccc(C(=O)OCC)cc1. The highest BCUT2D eigenvalue weighted by Crippen LogP contribution is 2.19. The Morgan fingerprint density at radius 2 is 1.91 bits per heavy atom. The van der Waals surface area contributed by atoms with E-state index in [2.05, 4.69) is 27.4 Å². The van der Waals surface area contributed by atoms with Crippen LogP contribution >= 0.6 is 23.4 Å². The summed E-state index contributed by atoms with van der Waals surface area (Å²) in [6, 6.07) is 13.1. The van der Waals surface area contributed by atoms with Crippen molar-refractivity contribution in [3.8, 4) is 0 Å². The second-order valence-corrected chi connectivity index (χ2v) is 8.50. The lowest BCUT2D eigenvalue weighted by molar-refractivity contribution is -0.113. The number of thioether (sulfide) groups is 1. The summed E-state index contributed by atoms with van der Waals surface area (Å²) in [4.78, 5) is 36.5. The molecule has 0 bridgehead atoms. The van der Waals surface area contributed by atoms with E-state index in [-0.39, 0.29) is 24.1 Å². The molecule has 0 fully saturated rings. The van der Waals surface area contributed by atoms with Gasteiger partial charge in [0, 0.05) is 22.8 Å². The normalized spacial score (nSPS) is 10.5. The molecule has 0 aliphatic carbocycles. The van der Waals surface area contributed by atoms with Gasteiger partial charge in [0.1, 0.15) is 0 Å². The van der Waals surface area contributed by atoms with Crippen LogP contribution < -0.4 is 10.6 Å². The number of carbonyl (C=O) groups is 3. The van der Waals surface area contributed by atoms with E-state index in [4.69, 9.17) is 16.3 Å². The molecule has 0 aliphatic rings. The monoisotopic (exact) mass is 513 g/mol. The molecule has 3 aromatic rings. The van der Waals surface area contributed by atoms with Crippen LogP contribution in [-0.4, -0.2) is 44.9 Å². The van der Waals surface area contributed by atoms with E-state index < -0.39 is 5.97 Å². The lowest BCUT2D eigenvalue weighted by Gasteiger charge is -2.09. The Morgan fingerprint density at radius 1 is 1.14 bits per heavy atom. The van der Waals surface area contributed by atoms with Crippen molar-refractivity contribution in [1.29, 1.82) is 0 Å². The molecule has 0 saturated heterocycles. The molecule has 2 amide bonds. The van der Waals surface area contributed by atoms with Gasteiger partial charge in [-0.05, 0) is 49.4 Å². The van der Waals surface area contributed by atoms with E-state index in [1.165, 1.54) is 11.8 Å². The van der Waals surface area contributed by atoms with Crippen LogP contribution in [-0.2, 0) is 22.6 Å². The zero-order valence-electron chi connectivity index (χ0n) is 19.0. The molecular weight excluding hydrogens is 490 g/mol. The number of ether oxygens (including phenoxy) is 1. The Balaban J connectivity index is 1.57. The average molecular weight is 514 g/mol. The van der Waals surface area contributed by atoms with Gasteiger partial charge in [0.25, 0.3) is 5.91 Å². The van der Waals surface area contributed by atoms with Crippen LogP contribution in [0, 0.1) is 0 Å². The molecule has 35 heavy (non-hydrogen) atoms. The number of nitrogens with zero attached hydrogens (tertiary/aromatic N) is 3. The topological polar surface area (TPSA) is 115 Å². The lowest BCUT2D eigenvalue weighted by Crippen LogP contribution is -2.24. The van der Waals surface area contributed by atoms with Crippen LogP contribution in [0.3, 0.4) is 0 Å². The molecule has 0 radical (unpaired) electrons. The van der Waals surface area contributed by atoms with Gasteiger partial charge in [0.05, 0.1) is 24.5 Å². The van der Waals surface area contributed by atoms with Crippen LogP contribution in [0.25, 0.3) is 0 Å². The summed E-state index contributed by atoms with van der Waals surface area (Å²) < 4.78 is 6.72. The molecule has 0 atom stereocenters. The highest BCUT2D eigenvalue weighted by atomic mass is 35.5. The number of amides is 2. The minimum absolute atomic E-state index is 0.0871. The van der Waals surface area contributed by atoms with Gasteiger partial charge in [0.2, 0.25) is 5.91 Å². The van der Waals surface area contributed by atoms with E-state index >= 15 is 0 Å². The first-order valence-corrected chi connectivity index (χ1v) is 12.0. The summed E-state index contributed by atoms with van der Waals surface area (Å²) in [5.41, 5.74) is 1.40. The van der Waals surface area contributed by atoms with Gasteiger partial charge in [-0.15, -0.1) is 16.8 Å². The zero-order chi connectivity index (χ0) is 25.2. The van der Waals surface area contributed by atoms with Gasteiger partial charge >= 0.3 is 5.97 Å². The highest BCUT2D eigenvalue weighted by Gasteiger charge is 2.15. The van der Waals surface area contributed by atoms with Crippen LogP contribution in [0.4, 0.5) is 5.69 Å². The van der Waals surface area contributed by atoms with Crippen molar-refractivity contribution in [2.45, 2.75) is 25.2 Å². The molecule has 1 heterocycles. The van der Waals surface area contributed by atoms with Crippen LogP contribution in [0.1, 0.15) is 33.5 Å². The number of anilines is 1. The van der Waals surface area contributed by atoms with Crippen LogP contribution in [0.2, 0.25) is 5.02 Å². The first-order valence-electron chi connectivity index (χ1n) is 10.7. The Hall–Kier alpha value is -3.63. The van der Waals surface area contributed by atoms with Crippen molar-refractivity contribution in [2.24, 2.45) is 0 Å². The van der Waals surface area contributed by atoms with Gasteiger partial charge in [0.15, 0.2) is 11.0 Å². The van der Waals surface area contributed by atoms with Crippen molar-refractivity contribution in [1.82, 2.24) is 20.1 Å². The number of benzene rings is 2. The predicted octanol–water partition coefficient (Wildman–Crippen LogP) is 3.96.